The molecule has 0 aliphatic carbocycles. The number of rotatable bonds is 2. The third-order valence-corrected chi connectivity index (χ3v) is 5.26. The molecule has 0 saturated carbocycles. The summed E-state index contributed by atoms with van der Waals surface area (Å²) in [5.41, 5.74) is 2.01. The zero-order valence-electron chi connectivity index (χ0n) is 13.5. The molecule has 1 amide bonds. The summed E-state index contributed by atoms with van der Waals surface area (Å²) in [6, 6.07) is 11.0. The summed E-state index contributed by atoms with van der Waals surface area (Å²) in [5, 5.41) is 0. The number of carbonyl (C=O) groups excluding carboxylic acids is 1. The number of aryl methyl sites for hydroxylation is 1. The molecule has 5 heteroatoms. The molecule has 2 aliphatic rings. The molecule has 120 valence electrons. The minimum Gasteiger partial charge on any atom is -0.438 e. The molecule has 1 aromatic carbocycles. The van der Waals surface area contributed by atoms with Crippen molar-refractivity contribution < 1.29 is 9.21 Å². The third kappa shape index (κ3) is 2.36. The van der Waals surface area contributed by atoms with Gasteiger partial charge in [0.15, 0.2) is 6.39 Å². The molecule has 2 saturated heterocycles. The van der Waals surface area contributed by atoms with Gasteiger partial charge in [-0.3, -0.25) is 9.69 Å². The lowest BCUT2D eigenvalue weighted by Crippen LogP contribution is -2.33. The van der Waals surface area contributed by atoms with Crippen LogP contribution in [0.15, 0.2) is 41.1 Å². The summed E-state index contributed by atoms with van der Waals surface area (Å²) in [6.45, 7) is 4.43. The Balaban J connectivity index is 1.56. The maximum atomic E-state index is 12.7. The number of hydrogen-bond donors (Lipinski definition) is 0. The Morgan fingerprint density at radius 2 is 2.00 bits per heavy atom. The van der Waals surface area contributed by atoms with E-state index in [1.807, 2.05) is 17.9 Å². The topological polar surface area (TPSA) is 49.6 Å². The van der Waals surface area contributed by atoms with Crippen LogP contribution in [0.1, 0.15) is 27.9 Å². The number of likely N-dealkylation sites (tertiary alicyclic amines) is 2. The van der Waals surface area contributed by atoms with Gasteiger partial charge >= 0.3 is 0 Å². The second-order valence-corrected chi connectivity index (χ2v) is 6.70. The van der Waals surface area contributed by atoms with Crippen molar-refractivity contribution in [3.8, 4) is 0 Å². The van der Waals surface area contributed by atoms with E-state index >= 15 is 0 Å². The molecule has 0 unspecified atom stereocenters. The van der Waals surface area contributed by atoms with Crippen LogP contribution in [0.25, 0.3) is 0 Å². The average molecular weight is 311 g/mol. The van der Waals surface area contributed by atoms with Crippen molar-refractivity contribution in [2.45, 2.75) is 13.0 Å². The maximum Gasteiger partial charge on any atom is 0.291 e. The normalized spacial score (nSPS) is 27.4. The lowest BCUT2D eigenvalue weighted by Gasteiger charge is -2.26. The second-order valence-electron chi connectivity index (χ2n) is 6.70. The monoisotopic (exact) mass is 311 g/mol. The van der Waals surface area contributed by atoms with E-state index in [0.29, 0.717) is 29.3 Å². The third-order valence-electron chi connectivity index (χ3n) is 5.26. The molecule has 5 nitrogen and oxygen atoms in total. The first-order valence-electron chi connectivity index (χ1n) is 8.09. The van der Waals surface area contributed by atoms with Crippen LogP contribution in [-0.2, 0) is 0 Å². The number of carbonyl (C=O) groups is 1. The first-order valence-corrected chi connectivity index (χ1v) is 8.09. The minimum absolute atomic E-state index is 0.0242. The van der Waals surface area contributed by atoms with Gasteiger partial charge in [0.05, 0.1) is 5.69 Å². The fourth-order valence-corrected chi connectivity index (χ4v) is 4.23. The summed E-state index contributed by atoms with van der Waals surface area (Å²) in [7, 11) is 2.18. The summed E-state index contributed by atoms with van der Waals surface area (Å²) >= 11 is 0. The highest BCUT2D eigenvalue weighted by atomic mass is 16.3. The van der Waals surface area contributed by atoms with E-state index in [-0.39, 0.29) is 5.91 Å². The molecule has 4 rings (SSSR count). The number of fused-ring (bicyclic) bond motifs is 1. The van der Waals surface area contributed by atoms with Crippen LogP contribution in [0, 0.1) is 18.8 Å². The molecule has 0 bridgehead atoms. The summed E-state index contributed by atoms with van der Waals surface area (Å²) in [4.78, 5) is 21.1. The number of aromatic nitrogens is 1. The first kappa shape index (κ1) is 14.5. The summed E-state index contributed by atoms with van der Waals surface area (Å²) in [6.07, 6.45) is 1.35. The van der Waals surface area contributed by atoms with Crippen LogP contribution >= 0.6 is 0 Å². The largest absolute Gasteiger partial charge is 0.438 e. The van der Waals surface area contributed by atoms with Crippen molar-refractivity contribution in [1.82, 2.24) is 14.8 Å². The Bertz CT molecular complexity index is 712. The second kappa shape index (κ2) is 5.49. The smallest absolute Gasteiger partial charge is 0.291 e. The van der Waals surface area contributed by atoms with Gasteiger partial charge in [-0.1, -0.05) is 30.3 Å². The van der Waals surface area contributed by atoms with Crippen molar-refractivity contribution in [2.75, 3.05) is 26.7 Å². The highest BCUT2D eigenvalue weighted by molar-refractivity contribution is 5.92. The van der Waals surface area contributed by atoms with Gasteiger partial charge < -0.3 is 9.32 Å². The van der Waals surface area contributed by atoms with Crippen molar-refractivity contribution >= 4 is 5.91 Å². The average Bonchev–Trinajstić information content (AvgIpc) is 3.21. The number of nitrogens with zero attached hydrogens (tertiary/aromatic N) is 3. The van der Waals surface area contributed by atoms with E-state index in [9.17, 15) is 4.79 Å². The molecule has 2 aliphatic heterocycles. The SMILES string of the molecule is Cc1ncoc1C(=O)N1C[C@@H]2CN(C)[C@@H](c3ccccc3)[C@@H]2C1. The highest BCUT2D eigenvalue weighted by Gasteiger charge is 2.47. The Morgan fingerprint density at radius 3 is 2.70 bits per heavy atom. The van der Waals surface area contributed by atoms with Crippen LogP contribution in [0.2, 0.25) is 0 Å². The van der Waals surface area contributed by atoms with Crippen LogP contribution in [0.4, 0.5) is 0 Å². The highest BCUT2D eigenvalue weighted by Crippen LogP contribution is 2.44. The minimum atomic E-state index is -0.0242. The van der Waals surface area contributed by atoms with Gasteiger partial charge in [-0.2, -0.15) is 0 Å². The molecule has 0 N–H and O–H groups in total. The number of benzene rings is 1. The Labute approximate surface area is 135 Å². The lowest BCUT2D eigenvalue weighted by atomic mass is 9.90. The molecule has 2 fully saturated rings. The van der Waals surface area contributed by atoms with Gasteiger partial charge in [0, 0.05) is 31.6 Å². The molecular formula is C18H21N3O2. The zero-order valence-corrected chi connectivity index (χ0v) is 13.5. The van der Waals surface area contributed by atoms with E-state index in [2.05, 4.69) is 41.2 Å². The van der Waals surface area contributed by atoms with E-state index in [1.54, 1.807) is 0 Å². The van der Waals surface area contributed by atoms with Crippen LogP contribution in [-0.4, -0.2) is 47.4 Å². The molecular weight excluding hydrogens is 290 g/mol. The van der Waals surface area contributed by atoms with Crippen molar-refractivity contribution in [3.63, 3.8) is 0 Å². The molecule has 2 aromatic rings. The molecule has 1 aromatic heterocycles. The Morgan fingerprint density at radius 1 is 1.22 bits per heavy atom. The lowest BCUT2D eigenvalue weighted by molar-refractivity contribution is 0.0735. The number of hydrogen-bond acceptors (Lipinski definition) is 4. The van der Waals surface area contributed by atoms with Crippen molar-refractivity contribution in [1.29, 1.82) is 0 Å². The Hall–Kier alpha value is -2.14. The standard InChI is InChI=1S/C18H21N3O2/c1-12-17(23-11-19-12)18(22)21-9-14-8-20(2)16(15(14)10-21)13-6-4-3-5-7-13/h3-7,11,14-16H,8-10H2,1-2H3/t14-,15+,16-/m0/s1. The van der Waals surface area contributed by atoms with Gasteiger partial charge in [0.2, 0.25) is 5.76 Å². The van der Waals surface area contributed by atoms with E-state index < -0.39 is 0 Å². The van der Waals surface area contributed by atoms with Crippen LogP contribution in [0.5, 0.6) is 0 Å². The number of amides is 1. The fraction of sp³-hybridized carbons (Fsp3) is 0.444. The predicted octanol–water partition coefficient (Wildman–Crippen LogP) is 2.36. The molecule has 0 spiro atoms. The molecule has 3 heterocycles. The first-order chi connectivity index (χ1) is 11.1. The van der Waals surface area contributed by atoms with Gasteiger partial charge in [0.1, 0.15) is 0 Å². The van der Waals surface area contributed by atoms with E-state index in [1.165, 1.54) is 12.0 Å². The van der Waals surface area contributed by atoms with Crippen molar-refractivity contribution in [3.05, 3.63) is 53.7 Å². The molecule has 3 atom stereocenters. The van der Waals surface area contributed by atoms with Crippen molar-refractivity contribution in [2.24, 2.45) is 11.8 Å². The van der Waals surface area contributed by atoms with Crippen LogP contribution in [0.3, 0.4) is 0 Å². The summed E-state index contributed by atoms with van der Waals surface area (Å²) < 4.78 is 5.28. The summed E-state index contributed by atoms with van der Waals surface area (Å²) in [5.74, 6) is 1.37. The quantitative estimate of drug-likeness (QED) is 0.854. The Kier molecular flexibility index (Phi) is 3.45. The molecule has 23 heavy (non-hydrogen) atoms. The molecule has 0 radical (unpaired) electrons. The van der Waals surface area contributed by atoms with Gasteiger partial charge in [-0.25, -0.2) is 4.98 Å². The van der Waals surface area contributed by atoms with E-state index in [0.717, 1.165) is 19.6 Å². The fourth-order valence-electron chi connectivity index (χ4n) is 4.23. The van der Waals surface area contributed by atoms with Gasteiger partial charge in [0.25, 0.3) is 5.91 Å². The van der Waals surface area contributed by atoms with Crippen LogP contribution < -0.4 is 0 Å². The maximum absolute atomic E-state index is 12.7. The van der Waals surface area contributed by atoms with Gasteiger partial charge in [-0.15, -0.1) is 0 Å². The van der Waals surface area contributed by atoms with E-state index in [4.69, 9.17) is 4.42 Å². The number of oxazole rings is 1. The predicted molar refractivity (Wildman–Crippen MR) is 85.9 cm³/mol. The zero-order chi connectivity index (χ0) is 16.0. The van der Waals surface area contributed by atoms with Gasteiger partial charge in [-0.05, 0) is 25.5 Å².